The van der Waals surface area contributed by atoms with E-state index >= 15 is 0 Å². The summed E-state index contributed by atoms with van der Waals surface area (Å²) in [6.07, 6.45) is 5.74. The fraction of sp³-hybridized carbons (Fsp3) is 0.500. The smallest absolute Gasteiger partial charge is 0.230 e. The Kier molecular flexibility index (Phi) is 4.27. The van der Waals surface area contributed by atoms with Crippen molar-refractivity contribution in [1.29, 1.82) is 0 Å². The van der Waals surface area contributed by atoms with E-state index in [-0.39, 0.29) is 18.2 Å². The van der Waals surface area contributed by atoms with Crippen molar-refractivity contribution < 1.29 is 9.32 Å². The molecule has 2 aliphatic rings. The molecule has 5 nitrogen and oxygen atoms in total. The molecule has 1 heterocycles. The van der Waals surface area contributed by atoms with E-state index in [1.165, 1.54) is 18.4 Å². The van der Waals surface area contributed by atoms with Gasteiger partial charge in [0.15, 0.2) is 5.82 Å². The Balaban J connectivity index is 1.33. The van der Waals surface area contributed by atoms with E-state index in [0.717, 1.165) is 24.3 Å². The van der Waals surface area contributed by atoms with Crippen molar-refractivity contribution in [3.8, 4) is 0 Å². The van der Waals surface area contributed by atoms with Crippen LogP contribution in [0.5, 0.6) is 0 Å². The number of hydrogen-bond donors (Lipinski definition) is 1. The topological polar surface area (TPSA) is 68.0 Å². The molecule has 0 aliphatic heterocycles. The van der Waals surface area contributed by atoms with Gasteiger partial charge in [0.1, 0.15) is 0 Å². The lowest BCUT2D eigenvalue weighted by molar-refractivity contribution is -0.121. The number of nitrogens with one attached hydrogen (secondary N) is 1. The molecule has 1 amide bonds. The molecule has 24 heavy (non-hydrogen) atoms. The number of hydrogen-bond acceptors (Lipinski definition) is 4. The van der Waals surface area contributed by atoms with Gasteiger partial charge in [0, 0.05) is 17.0 Å². The molecule has 2 saturated carbocycles. The Morgan fingerprint density at radius 3 is 2.71 bits per heavy atom. The molecule has 0 spiro atoms. The van der Waals surface area contributed by atoms with Crippen LogP contribution in [0.1, 0.15) is 61.2 Å². The Morgan fingerprint density at radius 1 is 1.21 bits per heavy atom. The molecule has 4 rings (SSSR count). The highest BCUT2D eigenvalue weighted by Crippen LogP contribution is 2.54. The molecule has 0 bridgehead atoms. The lowest BCUT2D eigenvalue weighted by Gasteiger charge is -2.10. The van der Waals surface area contributed by atoms with E-state index in [9.17, 15) is 4.79 Å². The monoisotopic (exact) mass is 345 g/mol. The summed E-state index contributed by atoms with van der Waals surface area (Å²) in [7, 11) is 0. The number of carbonyl (C=O) groups excluding carboxylic acids is 1. The van der Waals surface area contributed by atoms with Crippen molar-refractivity contribution in [2.75, 3.05) is 0 Å². The number of carbonyl (C=O) groups is 1. The van der Waals surface area contributed by atoms with Crippen LogP contribution in [-0.4, -0.2) is 22.1 Å². The summed E-state index contributed by atoms with van der Waals surface area (Å²) < 4.78 is 5.37. The third kappa shape index (κ3) is 3.46. The second-order valence-corrected chi connectivity index (χ2v) is 7.21. The van der Waals surface area contributed by atoms with Crippen LogP contribution in [0.2, 0.25) is 5.02 Å². The van der Waals surface area contributed by atoms with E-state index in [2.05, 4.69) is 15.5 Å². The molecule has 0 saturated heterocycles. The molecule has 126 valence electrons. The summed E-state index contributed by atoms with van der Waals surface area (Å²) in [5, 5.41) is 7.75. The summed E-state index contributed by atoms with van der Waals surface area (Å²) >= 11 is 5.92. The van der Waals surface area contributed by atoms with E-state index in [4.69, 9.17) is 16.1 Å². The van der Waals surface area contributed by atoms with Crippen molar-refractivity contribution in [2.24, 2.45) is 0 Å². The molecule has 2 aliphatic carbocycles. The third-order valence-corrected chi connectivity index (χ3v) is 5.18. The Labute approximate surface area is 145 Å². The summed E-state index contributed by atoms with van der Waals surface area (Å²) in [5.41, 5.74) is 1.24. The second kappa shape index (κ2) is 6.55. The first kappa shape index (κ1) is 15.6. The van der Waals surface area contributed by atoms with Gasteiger partial charge in [-0.3, -0.25) is 4.79 Å². The fourth-order valence-electron chi connectivity index (χ4n) is 3.53. The van der Waals surface area contributed by atoms with Crippen LogP contribution in [0.4, 0.5) is 0 Å². The number of aromatic nitrogens is 2. The van der Waals surface area contributed by atoms with Gasteiger partial charge in [0.25, 0.3) is 0 Å². The highest BCUT2D eigenvalue weighted by atomic mass is 35.5. The quantitative estimate of drug-likeness (QED) is 0.899. The van der Waals surface area contributed by atoms with E-state index in [1.807, 2.05) is 24.3 Å². The molecular weight excluding hydrogens is 326 g/mol. The van der Waals surface area contributed by atoms with Crippen molar-refractivity contribution in [3.05, 3.63) is 46.6 Å². The minimum absolute atomic E-state index is 0.0145. The summed E-state index contributed by atoms with van der Waals surface area (Å²) in [4.78, 5) is 16.5. The molecule has 2 aromatic rings. The Hall–Kier alpha value is -1.88. The molecule has 6 heteroatoms. The zero-order chi connectivity index (χ0) is 16.5. The minimum atomic E-state index is -0.0145. The van der Waals surface area contributed by atoms with Crippen LogP contribution in [-0.2, 0) is 11.2 Å². The first-order valence-electron chi connectivity index (χ1n) is 8.56. The van der Waals surface area contributed by atoms with Crippen molar-refractivity contribution >= 4 is 17.5 Å². The van der Waals surface area contributed by atoms with Crippen LogP contribution in [0.25, 0.3) is 0 Å². The zero-order valence-corrected chi connectivity index (χ0v) is 14.1. The molecule has 2 atom stereocenters. The Morgan fingerprint density at radius 2 is 1.96 bits per heavy atom. The number of nitrogens with zero attached hydrogens (tertiary/aromatic N) is 2. The van der Waals surface area contributed by atoms with Crippen LogP contribution >= 0.6 is 11.6 Å². The zero-order valence-electron chi connectivity index (χ0n) is 13.4. The van der Waals surface area contributed by atoms with Gasteiger partial charge >= 0.3 is 0 Å². The minimum Gasteiger partial charge on any atom is -0.353 e. The van der Waals surface area contributed by atoms with Crippen molar-refractivity contribution in [2.45, 2.75) is 56.4 Å². The predicted molar refractivity (Wildman–Crippen MR) is 90.0 cm³/mol. The lowest BCUT2D eigenvalue weighted by atomic mass is 10.1. The average molecular weight is 346 g/mol. The van der Waals surface area contributed by atoms with E-state index in [1.54, 1.807) is 0 Å². The summed E-state index contributed by atoms with van der Waals surface area (Å²) in [6.45, 7) is 0. The highest BCUT2D eigenvalue weighted by molar-refractivity contribution is 6.30. The van der Waals surface area contributed by atoms with Gasteiger partial charge in [-0.15, -0.1) is 0 Å². The molecule has 1 aromatic heterocycles. The first-order valence-corrected chi connectivity index (χ1v) is 8.94. The SMILES string of the molecule is O=C(Cc1noc(C2CC2c2ccc(Cl)cc2)n1)NC1CCCC1. The van der Waals surface area contributed by atoms with Gasteiger partial charge in [-0.1, -0.05) is 41.7 Å². The van der Waals surface area contributed by atoms with Crippen LogP contribution in [0.15, 0.2) is 28.8 Å². The number of rotatable bonds is 5. The number of halogens is 1. The predicted octanol–water partition coefficient (Wildman–Crippen LogP) is 3.60. The van der Waals surface area contributed by atoms with Crippen LogP contribution in [0, 0.1) is 0 Å². The molecule has 2 unspecified atom stereocenters. The normalized spacial score (nSPS) is 23.4. The number of amides is 1. The van der Waals surface area contributed by atoms with Crippen molar-refractivity contribution in [3.63, 3.8) is 0 Å². The van der Waals surface area contributed by atoms with Gasteiger partial charge < -0.3 is 9.84 Å². The maximum absolute atomic E-state index is 12.0. The van der Waals surface area contributed by atoms with Crippen molar-refractivity contribution in [1.82, 2.24) is 15.5 Å². The first-order chi connectivity index (χ1) is 11.7. The molecular formula is C18H20ClN3O2. The van der Waals surface area contributed by atoms with Crippen LogP contribution in [0.3, 0.4) is 0 Å². The van der Waals surface area contributed by atoms with Gasteiger partial charge in [0.05, 0.1) is 6.42 Å². The maximum Gasteiger partial charge on any atom is 0.230 e. The number of benzene rings is 1. The van der Waals surface area contributed by atoms with Crippen LogP contribution < -0.4 is 5.32 Å². The average Bonchev–Trinajstić information content (AvgIpc) is 2.96. The van der Waals surface area contributed by atoms with E-state index < -0.39 is 0 Å². The molecule has 1 N–H and O–H groups in total. The maximum atomic E-state index is 12.0. The molecule has 0 radical (unpaired) electrons. The third-order valence-electron chi connectivity index (χ3n) is 4.93. The standard InChI is InChI=1S/C18H20ClN3O2/c19-12-7-5-11(6-8-12)14-9-15(14)18-21-16(22-24-18)10-17(23)20-13-3-1-2-4-13/h5-8,13-15H,1-4,9-10H2,(H,20,23). The van der Waals surface area contributed by atoms with Gasteiger partial charge in [0.2, 0.25) is 11.8 Å². The highest BCUT2D eigenvalue weighted by Gasteiger charge is 2.43. The van der Waals surface area contributed by atoms with Gasteiger partial charge in [-0.25, -0.2) is 0 Å². The summed E-state index contributed by atoms with van der Waals surface area (Å²) in [5.74, 6) is 1.76. The summed E-state index contributed by atoms with van der Waals surface area (Å²) in [6, 6.07) is 8.21. The lowest BCUT2D eigenvalue weighted by Crippen LogP contribution is -2.33. The largest absolute Gasteiger partial charge is 0.353 e. The van der Waals surface area contributed by atoms with Gasteiger partial charge in [-0.05, 0) is 42.9 Å². The van der Waals surface area contributed by atoms with Gasteiger partial charge in [-0.2, -0.15) is 4.98 Å². The molecule has 1 aromatic carbocycles. The molecule has 2 fully saturated rings. The second-order valence-electron chi connectivity index (χ2n) is 6.77. The van der Waals surface area contributed by atoms with E-state index in [0.29, 0.717) is 23.7 Å². The Bertz CT molecular complexity index is 722. The fourth-order valence-corrected chi connectivity index (χ4v) is 3.65.